The summed E-state index contributed by atoms with van der Waals surface area (Å²) in [7, 11) is 0. The van der Waals surface area contributed by atoms with Gasteiger partial charge in [-0.2, -0.15) is 0 Å². The second-order valence-corrected chi connectivity index (χ2v) is 7.24. The maximum absolute atomic E-state index is 12.8. The Morgan fingerprint density at radius 2 is 1.93 bits per heavy atom. The molecule has 1 N–H and O–H groups in total. The molecule has 9 nitrogen and oxygen atoms in total. The number of nitro benzene ring substituents is 1. The third-order valence-electron chi connectivity index (χ3n) is 4.00. The lowest BCUT2D eigenvalue weighted by atomic mass is 9.84. The molecular weight excluding hydrogens is 370 g/mol. The summed E-state index contributed by atoms with van der Waals surface area (Å²) in [6.07, 6.45) is 0. The minimum Gasteiger partial charge on any atom is -0.461 e. The quantitative estimate of drug-likeness (QED) is 0.460. The normalized spacial score (nSPS) is 21.9. The minimum absolute atomic E-state index is 0.0606. The number of ether oxygens (including phenoxy) is 3. The third kappa shape index (κ3) is 3.99. The number of hydrogen-bond acceptors (Lipinski definition) is 8. The number of carbonyl (C=O) groups is 2. The van der Waals surface area contributed by atoms with E-state index in [0.29, 0.717) is 0 Å². The molecule has 0 radical (unpaired) electrons. The molecule has 0 amide bonds. The second kappa shape index (κ2) is 7.59. The lowest BCUT2D eigenvalue weighted by Gasteiger charge is -2.28. The van der Waals surface area contributed by atoms with Crippen LogP contribution in [0, 0.1) is 10.1 Å². The van der Waals surface area contributed by atoms with Crippen LogP contribution in [0.25, 0.3) is 0 Å². The fourth-order valence-corrected chi connectivity index (χ4v) is 3.00. The van der Waals surface area contributed by atoms with Gasteiger partial charge in [-0.3, -0.25) is 10.1 Å². The van der Waals surface area contributed by atoms with Crippen molar-refractivity contribution >= 4 is 17.6 Å². The molecule has 0 fully saturated rings. The van der Waals surface area contributed by atoms with Crippen molar-refractivity contribution in [2.24, 2.45) is 0 Å². The summed E-state index contributed by atoms with van der Waals surface area (Å²) in [6, 6.07) is 5.49. The van der Waals surface area contributed by atoms with Crippen molar-refractivity contribution in [1.82, 2.24) is 0 Å². The van der Waals surface area contributed by atoms with Gasteiger partial charge in [-0.25, -0.2) is 9.59 Å². The standard InChI is InChI=1S/C19H23NO8/c1-6-26-17(22)19(23)15(12-9-7-8-10-13(12)20(24)25)14(11(2)27-19)16(21)28-18(3,4)5/h7-10,15,23H,6H2,1-5H3/t15-,19-/m0/s1. The molecule has 0 bridgehead atoms. The third-order valence-corrected chi connectivity index (χ3v) is 4.00. The van der Waals surface area contributed by atoms with Crippen molar-refractivity contribution < 1.29 is 33.8 Å². The molecule has 2 rings (SSSR count). The number of nitro groups is 1. The minimum atomic E-state index is -2.64. The zero-order chi connectivity index (χ0) is 21.3. The van der Waals surface area contributed by atoms with E-state index in [4.69, 9.17) is 14.2 Å². The van der Waals surface area contributed by atoms with E-state index in [0.717, 1.165) is 0 Å². The second-order valence-electron chi connectivity index (χ2n) is 7.24. The number of para-hydroxylation sites is 1. The molecular formula is C19H23NO8. The van der Waals surface area contributed by atoms with E-state index in [9.17, 15) is 24.8 Å². The summed E-state index contributed by atoms with van der Waals surface area (Å²) in [6.45, 7) is 7.79. The number of aliphatic hydroxyl groups is 1. The lowest BCUT2D eigenvalue weighted by Crippen LogP contribution is -2.46. The van der Waals surface area contributed by atoms with E-state index >= 15 is 0 Å². The van der Waals surface area contributed by atoms with Crippen LogP contribution in [0.5, 0.6) is 0 Å². The van der Waals surface area contributed by atoms with Crippen molar-refractivity contribution in [2.45, 2.75) is 51.9 Å². The van der Waals surface area contributed by atoms with Crippen molar-refractivity contribution in [3.05, 3.63) is 51.3 Å². The molecule has 0 aromatic heterocycles. The Morgan fingerprint density at radius 3 is 2.46 bits per heavy atom. The first-order chi connectivity index (χ1) is 12.9. The molecule has 0 spiro atoms. The first-order valence-corrected chi connectivity index (χ1v) is 8.68. The zero-order valence-corrected chi connectivity index (χ0v) is 16.3. The van der Waals surface area contributed by atoms with E-state index in [1.165, 1.54) is 38.1 Å². The van der Waals surface area contributed by atoms with Crippen LogP contribution in [0.2, 0.25) is 0 Å². The molecule has 1 aromatic rings. The largest absolute Gasteiger partial charge is 0.461 e. The first kappa shape index (κ1) is 21.4. The molecule has 2 atom stereocenters. The predicted molar refractivity (Wildman–Crippen MR) is 97.1 cm³/mol. The van der Waals surface area contributed by atoms with Gasteiger partial charge in [-0.1, -0.05) is 18.2 Å². The molecule has 1 aromatic carbocycles. The monoisotopic (exact) mass is 393 g/mol. The summed E-state index contributed by atoms with van der Waals surface area (Å²) < 4.78 is 15.6. The van der Waals surface area contributed by atoms with E-state index in [-0.39, 0.29) is 29.2 Å². The lowest BCUT2D eigenvalue weighted by molar-refractivity contribution is -0.386. The molecule has 1 heterocycles. The number of allylic oxidation sites excluding steroid dienone is 1. The summed E-state index contributed by atoms with van der Waals surface area (Å²) in [4.78, 5) is 36.1. The van der Waals surface area contributed by atoms with Crippen LogP contribution in [0.15, 0.2) is 35.6 Å². The van der Waals surface area contributed by atoms with Crippen molar-refractivity contribution in [1.29, 1.82) is 0 Å². The fourth-order valence-electron chi connectivity index (χ4n) is 3.00. The molecule has 0 aliphatic carbocycles. The van der Waals surface area contributed by atoms with Gasteiger partial charge in [0, 0.05) is 11.6 Å². The SMILES string of the molecule is CCOC(=O)[C@@]1(O)OC(C)=C(C(=O)OC(C)(C)C)[C@@H]1c1ccccc1[N+](=O)[O-]. The molecule has 0 saturated heterocycles. The van der Waals surface area contributed by atoms with Crippen LogP contribution in [-0.2, 0) is 23.8 Å². The Bertz CT molecular complexity index is 839. The molecule has 9 heteroatoms. The number of hydrogen-bond donors (Lipinski definition) is 1. The predicted octanol–water partition coefficient (Wildman–Crippen LogP) is 2.58. The van der Waals surface area contributed by atoms with Crippen molar-refractivity contribution in [2.75, 3.05) is 6.61 Å². The van der Waals surface area contributed by atoms with Crippen molar-refractivity contribution in [3.63, 3.8) is 0 Å². The average Bonchev–Trinajstić information content (AvgIpc) is 2.85. The van der Waals surface area contributed by atoms with Gasteiger partial charge in [0.15, 0.2) is 0 Å². The smallest absolute Gasteiger partial charge is 0.380 e. The topological polar surface area (TPSA) is 125 Å². The average molecular weight is 393 g/mol. The number of rotatable bonds is 5. The Morgan fingerprint density at radius 1 is 1.32 bits per heavy atom. The fraction of sp³-hybridized carbons (Fsp3) is 0.474. The summed E-state index contributed by atoms with van der Waals surface area (Å²) in [5.41, 5.74) is -1.50. The number of benzene rings is 1. The van der Waals surface area contributed by atoms with Gasteiger partial charge in [0.1, 0.15) is 17.3 Å². The van der Waals surface area contributed by atoms with Gasteiger partial charge >= 0.3 is 17.7 Å². The van der Waals surface area contributed by atoms with Gasteiger partial charge in [0.25, 0.3) is 5.69 Å². The highest BCUT2D eigenvalue weighted by atomic mass is 16.7. The molecule has 0 unspecified atom stereocenters. The highest BCUT2D eigenvalue weighted by Crippen LogP contribution is 2.48. The molecule has 0 saturated carbocycles. The Balaban J connectivity index is 2.68. The number of esters is 2. The van der Waals surface area contributed by atoms with Gasteiger partial charge in [-0.15, -0.1) is 0 Å². The summed E-state index contributed by atoms with van der Waals surface area (Å²) in [5, 5.41) is 22.5. The Kier molecular flexibility index (Phi) is 5.79. The van der Waals surface area contributed by atoms with E-state index in [1.54, 1.807) is 20.8 Å². The molecule has 1 aliphatic rings. The van der Waals surface area contributed by atoms with Crippen LogP contribution in [0.4, 0.5) is 5.69 Å². The van der Waals surface area contributed by atoms with Crippen LogP contribution in [0.3, 0.4) is 0 Å². The summed E-state index contributed by atoms with van der Waals surface area (Å²) >= 11 is 0. The maximum atomic E-state index is 12.8. The van der Waals surface area contributed by atoms with Crippen LogP contribution in [-0.4, -0.2) is 40.0 Å². The first-order valence-electron chi connectivity index (χ1n) is 8.68. The molecule has 152 valence electrons. The molecule has 1 aliphatic heterocycles. The Labute approximate surface area is 162 Å². The Hall–Kier alpha value is -2.94. The van der Waals surface area contributed by atoms with Gasteiger partial charge in [-0.05, 0) is 34.6 Å². The maximum Gasteiger partial charge on any atom is 0.380 e. The van der Waals surface area contributed by atoms with Crippen LogP contribution >= 0.6 is 0 Å². The number of carbonyl (C=O) groups excluding carboxylic acids is 2. The van der Waals surface area contributed by atoms with Gasteiger partial charge in [0.2, 0.25) is 0 Å². The van der Waals surface area contributed by atoms with Crippen LogP contribution in [0.1, 0.15) is 46.1 Å². The molecule has 28 heavy (non-hydrogen) atoms. The highest BCUT2D eigenvalue weighted by molar-refractivity contribution is 5.95. The van der Waals surface area contributed by atoms with Gasteiger partial charge in [0.05, 0.1) is 17.1 Å². The zero-order valence-electron chi connectivity index (χ0n) is 16.3. The number of nitrogens with zero attached hydrogens (tertiary/aromatic N) is 1. The van der Waals surface area contributed by atoms with Crippen molar-refractivity contribution in [3.8, 4) is 0 Å². The van der Waals surface area contributed by atoms with E-state index < -0.39 is 34.2 Å². The van der Waals surface area contributed by atoms with E-state index in [2.05, 4.69) is 0 Å². The van der Waals surface area contributed by atoms with Crippen LogP contribution < -0.4 is 0 Å². The highest BCUT2D eigenvalue weighted by Gasteiger charge is 2.59. The summed E-state index contributed by atoms with van der Waals surface area (Å²) in [5.74, 6) is -6.22. The van der Waals surface area contributed by atoms with E-state index in [1.807, 2.05) is 0 Å². The van der Waals surface area contributed by atoms with Gasteiger partial charge < -0.3 is 19.3 Å².